The van der Waals surface area contributed by atoms with Crippen LogP contribution in [0.15, 0.2) is 30.3 Å². The Hall–Kier alpha value is -2.96. The number of ether oxygens (including phenoxy) is 2. The Balaban J connectivity index is 1.63. The van der Waals surface area contributed by atoms with Crippen molar-refractivity contribution in [3.63, 3.8) is 0 Å². The van der Waals surface area contributed by atoms with Crippen molar-refractivity contribution in [1.82, 2.24) is 14.8 Å². The molecule has 0 radical (unpaired) electrons. The number of carbonyl (C=O) groups is 2. The Labute approximate surface area is 184 Å². The highest BCUT2D eigenvalue weighted by molar-refractivity contribution is 5.96. The second-order valence-electron chi connectivity index (χ2n) is 9.03. The minimum atomic E-state index is -0.505. The summed E-state index contributed by atoms with van der Waals surface area (Å²) < 4.78 is 12.7. The highest BCUT2D eigenvalue weighted by Crippen LogP contribution is 2.23. The molecular formula is C24H33N3O4. The largest absolute Gasteiger partial charge is 0.497 e. The number of carbonyl (C=O) groups excluding carboxylic acids is 2. The molecule has 1 aliphatic heterocycles. The predicted octanol–water partition coefficient (Wildman–Crippen LogP) is 4.23. The van der Waals surface area contributed by atoms with Crippen LogP contribution in [0.25, 0.3) is 5.69 Å². The molecule has 0 saturated carbocycles. The van der Waals surface area contributed by atoms with Crippen molar-refractivity contribution in [3.05, 3.63) is 47.3 Å². The van der Waals surface area contributed by atoms with E-state index in [-0.39, 0.29) is 18.0 Å². The maximum absolute atomic E-state index is 13.0. The molecule has 1 saturated heterocycles. The molecule has 2 aromatic rings. The molecular weight excluding hydrogens is 394 g/mol. The summed E-state index contributed by atoms with van der Waals surface area (Å²) in [6, 6.07) is 9.74. The number of methoxy groups -OCH3 is 1. The lowest BCUT2D eigenvalue weighted by molar-refractivity contribution is 0.0199. The molecule has 1 fully saturated rings. The fourth-order valence-electron chi connectivity index (χ4n) is 3.92. The number of hydrogen-bond acceptors (Lipinski definition) is 4. The lowest BCUT2D eigenvalue weighted by Gasteiger charge is -2.33. The zero-order valence-corrected chi connectivity index (χ0v) is 19.3. The number of nitrogens with zero attached hydrogens (tertiary/aromatic N) is 2. The number of hydrogen-bond donors (Lipinski definition) is 1. The van der Waals surface area contributed by atoms with E-state index in [0.29, 0.717) is 31.5 Å². The summed E-state index contributed by atoms with van der Waals surface area (Å²) in [4.78, 5) is 26.9. The molecule has 7 nitrogen and oxygen atoms in total. The second kappa shape index (κ2) is 9.04. The monoisotopic (exact) mass is 427 g/mol. The van der Waals surface area contributed by atoms with Crippen LogP contribution in [-0.2, 0) is 4.74 Å². The number of likely N-dealkylation sites (tertiary alicyclic amines) is 1. The van der Waals surface area contributed by atoms with Gasteiger partial charge in [-0.1, -0.05) is 0 Å². The number of amides is 2. The van der Waals surface area contributed by atoms with Crippen LogP contribution in [0.1, 0.15) is 55.4 Å². The molecule has 31 heavy (non-hydrogen) atoms. The van der Waals surface area contributed by atoms with Gasteiger partial charge in [0.2, 0.25) is 0 Å². The van der Waals surface area contributed by atoms with Crippen molar-refractivity contribution in [1.29, 1.82) is 0 Å². The van der Waals surface area contributed by atoms with Crippen LogP contribution in [0.5, 0.6) is 5.75 Å². The van der Waals surface area contributed by atoms with Gasteiger partial charge in [0, 0.05) is 36.2 Å². The maximum atomic E-state index is 13.0. The van der Waals surface area contributed by atoms with Crippen molar-refractivity contribution in [2.75, 3.05) is 20.2 Å². The molecule has 1 aliphatic rings. The Morgan fingerprint density at radius 3 is 2.23 bits per heavy atom. The summed E-state index contributed by atoms with van der Waals surface area (Å²) in [5.74, 6) is 0.713. The van der Waals surface area contributed by atoms with Gasteiger partial charge in [-0.15, -0.1) is 0 Å². The van der Waals surface area contributed by atoms with Gasteiger partial charge in [-0.3, -0.25) is 4.79 Å². The second-order valence-corrected chi connectivity index (χ2v) is 9.03. The Morgan fingerprint density at radius 1 is 1.06 bits per heavy atom. The smallest absolute Gasteiger partial charge is 0.410 e. The predicted molar refractivity (Wildman–Crippen MR) is 120 cm³/mol. The first kappa shape index (κ1) is 22.7. The van der Waals surface area contributed by atoms with Gasteiger partial charge in [0.1, 0.15) is 11.4 Å². The van der Waals surface area contributed by atoms with Gasteiger partial charge >= 0.3 is 6.09 Å². The van der Waals surface area contributed by atoms with E-state index in [1.807, 2.05) is 65.0 Å². The van der Waals surface area contributed by atoms with E-state index in [2.05, 4.69) is 9.88 Å². The molecule has 0 bridgehead atoms. The van der Waals surface area contributed by atoms with Gasteiger partial charge in [-0.05, 0) is 77.8 Å². The summed E-state index contributed by atoms with van der Waals surface area (Å²) in [5.41, 5.74) is 3.04. The van der Waals surface area contributed by atoms with Crippen LogP contribution >= 0.6 is 0 Å². The molecule has 7 heteroatoms. The third-order valence-corrected chi connectivity index (χ3v) is 5.49. The van der Waals surface area contributed by atoms with Gasteiger partial charge in [-0.25, -0.2) is 4.79 Å². The summed E-state index contributed by atoms with van der Waals surface area (Å²) in [6.07, 6.45) is 1.13. The normalized spacial score (nSPS) is 15.0. The Morgan fingerprint density at radius 2 is 1.68 bits per heavy atom. The lowest BCUT2D eigenvalue weighted by Crippen LogP contribution is -2.47. The van der Waals surface area contributed by atoms with E-state index in [1.54, 1.807) is 12.0 Å². The highest BCUT2D eigenvalue weighted by atomic mass is 16.6. The SMILES string of the molecule is COc1ccc(-n2c(C)cc(C(=O)NC3CCN(C(=O)OC(C)(C)C)CC3)c2C)cc1. The average molecular weight is 428 g/mol. The standard InChI is InChI=1S/C24H33N3O4/c1-16-15-21(17(2)27(16)19-7-9-20(30-6)10-8-19)22(28)25-18-11-13-26(14-12-18)23(29)31-24(3,4)5/h7-10,15,18H,11-14H2,1-6H3,(H,25,28). The molecule has 1 N–H and O–H groups in total. The average Bonchev–Trinajstić information content (AvgIpc) is 3.01. The van der Waals surface area contributed by atoms with Gasteiger partial charge in [0.25, 0.3) is 5.91 Å². The van der Waals surface area contributed by atoms with Gasteiger partial charge in [-0.2, -0.15) is 0 Å². The molecule has 0 aliphatic carbocycles. The zero-order valence-electron chi connectivity index (χ0n) is 19.3. The van der Waals surface area contributed by atoms with Crippen molar-refractivity contribution in [2.24, 2.45) is 0 Å². The minimum Gasteiger partial charge on any atom is -0.497 e. The number of rotatable bonds is 4. The van der Waals surface area contributed by atoms with Gasteiger partial charge < -0.3 is 24.3 Å². The van der Waals surface area contributed by atoms with Crippen molar-refractivity contribution in [2.45, 2.75) is 59.1 Å². The fraction of sp³-hybridized carbons (Fsp3) is 0.500. The first-order valence-corrected chi connectivity index (χ1v) is 10.7. The molecule has 0 atom stereocenters. The number of aromatic nitrogens is 1. The Kier molecular flexibility index (Phi) is 6.62. The Bertz CT molecular complexity index is 933. The summed E-state index contributed by atoms with van der Waals surface area (Å²) >= 11 is 0. The fourth-order valence-corrected chi connectivity index (χ4v) is 3.92. The molecule has 1 aromatic heterocycles. The number of benzene rings is 1. The first-order valence-electron chi connectivity index (χ1n) is 10.7. The van der Waals surface area contributed by atoms with Crippen LogP contribution in [0.3, 0.4) is 0 Å². The number of aryl methyl sites for hydroxylation is 1. The van der Waals surface area contributed by atoms with Crippen LogP contribution in [-0.4, -0.2) is 53.3 Å². The van der Waals surface area contributed by atoms with Crippen LogP contribution in [0.2, 0.25) is 0 Å². The molecule has 1 aromatic carbocycles. The quantitative estimate of drug-likeness (QED) is 0.792. The van der Waals surface area contributed by atoms with Gasteiger partial charge in [0.15, 0.2) is 0 Å². The molecule has 2 heterocycles. The minimum absolute atomic E-state index is 0.0372. The number of nitrogens with one attached hydrogen (secondary N) is 1. The van der Waals surface area contributed by atoms with E-state index in [9.17, 15) is 9.59 Å². The summed E-state index contributed by atoms with van der Waals surface area (Å²) in [7, 11) is 1.64. The van der Waals surface area contributed by atoms with Crippen molar-refractivity contribution >= 4 is 12.0 Å². The van der Waals surface area contributed by atoms with Crippen molar-refractivity contribution < 1.29 is 19.1 Å². The van der Waals surface area contributed by atoms with E-state index < -0.39 is 5.60 Å². The van der Waals surface area contributed by atoms with Crippen LogP contribution in [0, 0.1) is 13.8 Å². The number of piperidine rings is 1. The van der Waals surface area contributed by atoms with Crippen molar-refractivity contribution in [3.8, 4) is 11.4 Å². The first-order chi connectivity index (χ1) is 14.6. The molecule has 0 unspecified atom stereocenters. The molecule has 0 spiro atoms. The molecule has 168 valence electrons. The van der Waals surface area contributed by atoms with E-state index in [4.69, 9.17) is 9.47 Å². The van der Waals surface area contributed by atoms with Crippen LogP contribution in [0.4, 0.5) is 4.79 Å². The van der Waals surface area contributed by atoms with E-state index in [1.165, 1.54) is 0 Å². The lowest BCUT2D eigenvalue weighted by atomic mass is 10.0. The van der Waals surface area contributed by atoms with Crippen LogP contribution < -0.4 is 10.1 Å². The third-order valence-electron chi connectivity index (χ3n) is 5.49. The van der Waals surface area contributed by atoms with E-state index >= 15 is 0 Å². The summed E-state index contributed by atoms with van der Waals surface area (Å²) in [6.45, 7) is 10.7. The molecule has 3 rings (SSSR count). The molecule has 2 amide bonds. The summed E-state index contributed by atoms with van der Waals surface area (Å²) in [5, 5.41) is 3.14. The van der Waals surface area contributed by atoms with Gasteiger partial charge in [0.05, 0.1) is 12.7 Å². The topological polar surface area (TPSA) is 72.8 Å². The highest BCUT2D eigenvalue weighted by Gasteiger charge is 2.28. The maximum Gasteiger partial charge on any atom is 0.410 e. The zero-order chi connectivity index (χ0) is 22.8. The third kappa shape index (κ3) is 5.40. The van der Waals surface area contributed by atoms with E-state index in [0.717, 1.165) is 22.8 Å².